The highest BCUT2D eigenvalue weighted by Crippen LogP contribution is 2.49. The molecule has 2 aliphatic rings. The van der Waals surface area contributed by atoms with Crippen LogP contribution >= 0.6 is 0 Å². The fourth-order valence-electron chi connectivity index (χ4n) is 3.45. The molecule has 1 N–H and O–H groups in total. The SMILES string of the molecule is N#CC1(C(O)c2ccccc2C2CC2)CCCCC1. The number of nitrogens with zero attached hydrogens (tertiary/aromatic N) is 1. The van der Waals surface area contributed by atoms with Crippen molar-refractivity contribution >= 4 is 0 Å². The molecule has 1 unspecified atom stereocenters. The van der Waals surface area contributed by atoms with Gasteiger partial charge < -0.3 is 5.11 Å². The molecular weight excluding hydrogens is 234 g/mol. The second-order valence-electron chi connectivity index (χ2n) is 6.13. The van der Waals surface area contributed by atoms with Crippen molar-refractivity contribution in [3.8, 4) is 6.07 Å². The number of hydrogen-bond donors (Lipinski definition) is 1. The number of hydrogen-bond acceptors (Lipinski definition) is 2. The van der Waals surface area contributed by atoms with Crippen LogP contribution in [0.2, 0.25) is 0 Å². The van der Waals surface area contributed by atoms with Crippen molar-refractivity contribution in [2.75, 3.05) is 0 Å². The van der Waals surface area contributed by atoms with Crippen LogP contribution in [0.15, 0.2) is 24.3 Å². The number of nitriles is 1. The van der Waals surface area contributed by atoms with Crippen molar-refractivity contribution in [2.45, 2.75) is 57.0 Å². The molecule has 2 aliphatic carbocycles. The third kappa shape index (κ3) is 2.28. The van der Waals surface area contributed by atoms with Crippen molar-refractivity contribution < 1.29 is 5.11 Å². The Bertz CT molecular complexity index is 492. The Labute approximate surface area is 115 Å². The third-order valence-corrected chi connectivity index (χ3v) is 4.80. The van der Waals surface area contributed by atoms with Crippen LogP contribution in [-0.2, 0) is 0 Å². The predicted molar refractivity (Wildman–Crippen MR) is 74.5 cm³/mol. The van der Waals surface area contributed by atoms with Gasteiger partial charge in [-0.2, -0.15) is 5.26 Å². The Kier molecular flexibility index (Phi) is 3.33. The van der Waals surface area contributed by atoms with Gasteiger partial charge in [-0.3, -0.25) is 0 Å². The maximum atomic E-state index is 10.8. The van der Waals surface area contributed by atoms with E-state index in [0.29, 0.717) is 5.92 Å². The van der Waals surface area contributed by atoms with E-state index >= 15 is 0 Å². The van der Waals surface area contributed by atoms with Gasteiger partial charge in [-0.05, 0) is 42.7 Å². The number of aliphatic hydroxyl groups is 1. The van der Waals surface area contributed by atoms with E-state index in [1.807, 2.05) is 18.2 Å². The molecule has 1 aromatic carbocycles. The van der Waals surface area contributed by atoms with E-state index in [0.717, 1.165) is 31.2 Å². The van der Waals surface area contributed by atoms with E-state index in [-0.39, 0.29) is 0 Å². The summed E-state index contributed by atoms with van der Waals surface area (Å²) in [5, 5.41) is 20.4. The molecule has 0 aliphatic heterocycles. The highest BCUT2D eigenvalue weighted by Gasteiger charge is 2.42. The average Bonchev–Trinajstić information content (AvgIpc) is 3.32. The van der Waals surface area contributed by atoms with E-state index < -0.39 is 11.5 Å². The van der Waals surface area contributed by atoms with E-state index in [1.165, 1.54) is 24.8 Å². The van der Waals surface area contributed by atoms with Gasteiger partial charge in [0.05, 0.1) is 17.6 Å². The van der Waals surface area contributed by atoms with Gasteiger partial charge in [0.2, 0.25) is 0 Å². The highest BCUT2D eigenvalue weighted by molar-refractivity contribution is 5.37. The first-order chi connectivity index (χ1) is 9.27. The molecule has 0 spiro atoms. The highest BCUT2D eigenvalue weighted by atomic mass is 16.3. The summed E-state index contributed by atoms with van der Waals surface area (Å²) >= 11 is 0. The molecule has 2 saturated carbocycles. The first kappa shape index (κ1) is 12.7. The Balaban J connectivity index is 1.94. The molecular formula is C17H21NO. The zero-order valence-electron chi connectivity index (χ0n) is 11.3. The minimum Gasteiger partial charge on any atom is -0.387 e. The molecule has 2 nitrogen and oxygen atoms in total. The van der Waals surface area contributed by atoms with Crippen LogP contribution in [0.4, 0.5) is 0 Å². The molecule has 0 heterocycles. The molecule has 100 valence electrons. The summed E-state index contributed by atoms with van der Waals surface area (Å²) in [6, 6.07) is 10.6. The normalized spacial score (nSPS) is 23.6. The van der Waals surface area contributed by atoms with E-state index in [9.17, 15) is 10.4 Å². The maximum absolute atomic E-state index is 10.8. The van der Waals surface area contributed by atoms with Gasteiger partial charge in [0.1, 0.15) is 0 Å². The Morgan fingerprint density at radius 1 is 1.16 bits per heavy atom. The van der Waals surface area contributed by atoms with Crippen LogP contribution < -0.4 is 0 Å². The second kappa shape index (κ2) is 4.98. The molecule has 1 aromatic rings. The maximum Gasteiger partial charge on any atom is 0.0979 e. The molecule has 3 rings (SSSR count). The number of aliphatic hydroxyl groups excluding tert-OH is 1. The van der Waals surface area contributed by atoms with Gasteiger partial charge in [0, 0.05) is 0 Å². The predicted octanol–water partition coefficient (Wildman–Crippen LogP) is 4.07. The molecule has 0 amide bonds. The third-order valence-electron chi connectivity index (χ3n) is 4.80. The Hall–Kier alpha value is -1.33. The van der Waals surface area contributed by atoms with E-state index in [2.05, 4.69) is 12.1 Å². The number of rotatable bonds is 3. The fourth-order valence-corrected chi connectivity index (χ4v) is 3.45. The first-order valence-electron chi connectivity index (χ1n) is 7.45. The van der Waals surface area contributed by atoms with Gasteiger partial charge in [-0.25, -0.2) is 0 Å². The molecule has 2 fully saturated rings. The summed E-state index contributed by atoms with van der Waals surface area (Å²) < 4.78 is 0. The van der Waals surface area contributed by atoms with Crippen molar-refractivity contribution in [3.05, 3.63) is 35.4 Å². The molecule has 0 saturated heterocycles. The second-order valence-corrected chi connectivity index (χ2v) is 6.13. The van der Waals surface area contributed by atoms with Gasteiger partial charge >= 0.3 is 0 Å². The lowest BCUT2D eigenvalue weighted by molar-refractivity contribution is 0.0353. The zero-order valence-corrected chi connectivity index (χ0v) is 11.3. The van der Waals surface area contributed by atoms with Crippen molar-refractivity contribution in [3.63, 3.8) is 0 Å². The van der Waals surface area contributed by atoms with E-state index in [1.54, 1.807) is 0 Å². The summed E-state index contributed by atoms with van der Waals surface area (Å²) in [4.78, 5) is 0. The quantitative estimate of drug-likeness (QED) is 0.884. The summed E-state index contributed by atoms with van der Waals surface area (Å²) in [5.41, 5.74) is 1.73. The lowest BCUT2D eigenvalue weighted by Crippen LogP contribution is -2.30. The fraction of sp³-hybridized carbons (Fsp3) is 0.588. The zero-order chi connectivity index (χ0) is 13.3. The average molecular weight is 255 g/mol. The van der Waals surface area contributed by atoms with Crippen molar-refractivity contribution in [1.29, 1.82) is 5.26 Å². The largest absolute Gasteiger partial charge is 0.387 e. The smallest absolute Gasteiger partial charge is 0.0979 e. The van der Waals surface area contributed by atoms with Crippen LogP contribution in [0.5, 0.6) is 0 Å². The molecule has 0 bridgehead atoms. The van der Waals surface area contributed by atoms with Crippen LogP contribution in [0, 0.1) is 16.7 Å². The lowest BCUT2D eigenvalue weighted by Gasteiger charge is -2.36. The summed E-state index contributed by atoms with van der Waals surface area (Å²) in [7, 11) is 0. The molecule has 0 aromatic heterocycles. The van der Waals surface area contributed by atoms with Crippen LogP contribution in [0.25, 0.3) is 0 Å². The van der Waals surface area contributed by atoms with Gasteiger partial charge in [-0.1, -0.05) is 43.5 Å². The molecule has 0 radical (unpaired) electrons. The standard InChI is InChI=1S/C17H21NO/c18-12-17(10-4-1-5-11-17)16(19)15-7-3-2-6-14(15)13-8-9-13/h2-3,6-7,13,16,19H,1,4-5,8-11H2. The lowest BCUT2D eigenvalue weighted by atomic mass is 9.69. The minimum absolute atomic E-state index is 0.552. The topological polar surface area (TPSA) is 44.0 Å². The molecule has 2 heteroatoms. The minimum atomic E-state index is -0.616. The Morgan fingerprint density at radius 2 is 1.84 bits per heavy atom. The van der Waals surface area contributed by atoms with Gasteiger partial charge in [0.15, 0.2) is 0 Å². The van der Waals surface area contributed by atoms with E-state index in [4.69, 9.17) is 0 Å². The summed E-state index contributed by atoms with van der Waals surface area (Å²) in [6.07, 6.45) is 6.84. The molecule has 1 atom stereocenters. The van der Waals surface area contributed by atoms with Crippen LogP contribution in [0.1, 0.15) is 68.1 Å². The van der Waals surface area contributed by atoms with Gasteiger partial charge in [-0.15, -0.1) is 0 Å². The number of benzene rings is 1. The molecule has 19 heavy (non-hydrogen) atoms. The van der Waals surface area contributed by atoms with Crippen molar-refractivity contribution in [1.82, 2.24) is 0 Å². The summed E-state index contributed by atoms with van der Waals surface area (Å²) in [5.74, 6) is 0.616. The van der Waals surface area contributed by atoms with Crippen LogP contribution in [0.3, 0.4) is 0 Å². The van der Waals surface area contributed by atoms with Crippen molar-refractivity contribution in [2.24, 2.45) is 5.41 Å². The first-order valence-corrected chi connectivity index (χ1v) is 7.45. The van der Waals surface area contributed by atoms with Crippen LogP contribution in [-0.4, -0.2) is 5.11 Å². The Morgan fingerprint density at radius 3 is 2.47 bits per heavy atom. The monoisotopic (exact) mass is 255 g/mol. The summed E-state index contributed by atoms with van der Waals surface area (Å²) in [6.45, 7) is 0. The van der Waals surface area contributed by atoms with Gasteiger partial charge in [0.25, 0.3) is 0 Å².